The van der Waals surface area contributed by atoms with Gasteiger partial charge in [-0.1, -0.05) is 6.92 Å². The summed E-state index contributed by atoms with van der Waals surface area (Å²) in [5.41, 5.74) is 0.422. The number of nitrogens with one attached hydrogen (secondary N) is 2. The SMILES string of the molecule is CCc1cc(C(=O)O)cc(NCCCNC(=O)OC(C)(C)C)n1. The molecule has 0 saturated carbocycles. The van der Waals surface area contributed by atoms with Crippen LogP contribution in [0.5, 0.6) is 0 Å². The summed E-state index contributed by atoms with van der Waals surface area (Å²) in [5.74, 6) is -0.448. The summed E-state index contributed by atoms with van der Waals surface area (Å²) in [6.45, 7) is 8.36. The number of carboxylic acids is 1. The predicted octanol–water partition coefficient (Wildman–Crippen LogP) is 2.67. The average molecular weight is 323 g/mol. The zero-order chi connectivity index (χ0) is 17.5. The highest BCUT2D eigenvalue weighted by Gasteiger charge is 2.15. The molecule has 0 spiro atoms. The van der Waals surface area contributed by atoms with Crippen molar-refractivity contribution in [1.82, 2.24) is 10.3 Å². The summed E-state index contributed by atoms with van der Waals surface area (Å²) >= 11 is 0. The normalized spacial score (nSPS) is 11.0. The predicted molar refractivity (Wildman–Crippen MR) is 87.9 cm³/mol. The minimum absolute atomic E-state index is 0.214. The third kappa shape index (κ3) is 7.49. The van der Waals surface area contributed by atoms with Crippen LogP contribution in [0, 0.1) is 0 Å². The molecular formula is C16H25N3O4. The first kappa shape index (κ1) is 18.7. The second kappa shape index (κ2) is 8.36. The van der Waals surface area contributed by atoms with Crippen molar-refractivity contribution >= 4 is 17.9 Å². The number of pyridine rings is 1. The fraction of sp³-hybridized carbons (Fsp3) is 0.562. The van der Waals surface area contributed by atoms with Gasteiger partial charge in [0, 0.05) is 18.8 Å². The van der Waals surface area contributed by atoms with Crippen LogP contribution >= 0.6 is 0 Å². The fourth-order valence-corrected chi connectivity index (χ4v) is 1.79. The molecule has 0 aliphatic heterocycles. The summed E-state index contributed by atoms with van der Waals surface area (Å²) in [7, 11) is 0. The Morgan fingerprint density at radius 1 is 1.26 bits per heavy atom. The van der Waals surface area contributed by atoms with E-state index >= 15 is 0 Å². The Bertz CT molecular complexity index is 553. The van der Waals surface area contributed by atoms with Crippen molar-refractivity contribution in [1.29, 1.82) is 0 Å². The standard InChI is InChI=1S/C16H25N3O4/c1-5-12-9-11(14(20)21)10-13(19-12)17-7-6-8-18-15(22)23-16(2,3)4/h9-10H,5-8H2,1-4H3,(H,17,19)(H,18,22)(H,20,21). The van der Waals surface area contributed by atoms with E-state index in [2.05, 4.69) is 15.6 Å². The molecule has 1 aromatic rings. The Labute approximate surface area is 136 Å². The lowest BCUT2D eigenvalue weighted by molar-refractivity contribution is 0.0527. The van der Waals surface area contributed by atoms with E-state index in [4.69, 9.17) is 9.84 Å². The molecule has 0 radical (unpaired) electrons. The number of carbonyl (C=O) groups is 2. The Hall–Kier alpha value is -2.31. The van der Waals surface area contributed by atoms with Crippen molar-refractivity contribution in [2.45, 2.75) is 46.1 Å². The van der Waals surface area contributed by atoms with Crippen LogP contribution in [-0.4, -0.2) is 40.8 Å². The van der Waals surface area contributed by atoms with Gasteiger partial charge in [0.15, 0.2) is 0 Å². The van der Waals surface area contributed by atoms with Gasteiger partial charge >= 0.3 is 12.1 Å². The van der Waals surface area contributed by atoms with Crippen LogP contribution < -0.4 is 10.6 Å². The summed E-state index contributed by atoms with van der Waals surface area (Å²) in [6.07, 6.45) is 0.882. The molecule has 1 amide bonds. The van der Waals surface area contributed by atoms with Crippen molar-refractivity contribution in [3.8, 4) is 0 Å². The van der Waals surface area contributed by atoms with E-state index in [1.165, 1.54) is 6.07 Å². The number of amides is 1. The molecule has 0 fully saturated rings. The van der Waals surface area contributed by atoms with Crippen molar-refractivity contribution in [2.75, 3.05) is 18.4 Å². The van der Waals surface area contributed by atoms with Gasteiger partial charge in [0.2, 0.25) is 0 Å². The van der Waals surface area contributed by atoms with Crippen molar-refractivity contribution in [3.05, 3.63) is 23.4 Å². The molecule has 23 heavy (non-hydrogen) atoms. The van der Waals surface area contributed by atoms with Crippen LogP contribution in [0.2, 0.25) is 0 Å². The molecule has 3 N–H and O–H groups in total. The van der Waals surface area contributed by atoms with Crippen LogP contribution in [0.1, 0.15) is 50.2 Å². The maximum Gasteiger partial charge on any atom is 0.407 e. The number of aromatic carboxylic acids is 1. The van der Waals surface area contributed by atoms with E-state index < -0.39 is 17.7 Å². The summed E-state index contributed by atoms with van der Waals surface area (Å²) < 4.78 is 5.13. The molecule has 0 aromatic carbocycles. The maximum atomic E-state index is 11.5. The smallest absolute Gasteiger partial charge is 0.407 e. The molecule has 7 heteroatoms. The van der Waals surface area contributed by atoms with Gasteiger partial charge in [-0.3, -0.25) is 0 Å². The number of alkyl carbamates (subject to hydrolysis) is 1. The van der Waals surface area contributed by atoms with Gasteiger partial charge in [-0.15, -0.1) is 0 Å². The quantitative estimate of drug-likeness (QED) is 0.667. The number of hydrogen-bond donors (Lipinski definition) is 3. The van der Waals surface area contributed by atoms with Gasteiger partial charge in [-0.2, -0.15) is 0 Å². The summed E-state index contributed by atoms with van der Waals surface area (Å²) in [5, 5.41) is 14.8. The number of carbonyl (C=O) groups excluding carboxylic acids is 1. The van der Waals surface area contributed by atoms with Crippen LogP contribution in [-0.2, 0) is 11.2 Å². The molecule has 0 aliphatic carbocycles. The average Bonchev–Trinajstić information content (AvgIpc) is 2.44. The zero-order valence-electron chi connectivity index (χ0n) is 14.1. The van der Waals surface area contributed by atoms with E-state index in [1.54, 1.807) is 26.8 Å². The largest absolute Gasteiger partial charge is 0.478 e. The second-order valence-corrected chi connectivity index (χ2v) is 6.10. The zero-order valence-corrected chi connectivity index (χ0v) is 14.1. The highest BCUT2D eigenvalue weighted by molar-refractivity contribution is 5.88. The Morgan fingerprint density at radius 2 is 1.96 bits per heavy atom. The molecule has 0 bridgehead atoms. The third-order valence-corrected chi connectivity index (χ3v) is 2.82. The molecule has 0 unspecified atom stereocenters. The number of rotatable bonds is 7. The number of aryl methyl sites for hydroxylation is 1. The molecule has 1 aromatic heterocycles. The van der Waals surface area contributed by atoms with Crippen molar-refractivity contribution in [2.24, 2.45) is 0 Å². The molecular weight excluding hydrogens is 298 g/mol. The van der Waals surface area contributed by atoms with E-state index in [-0.39, 0.29) is 5.56 Å². The Kier molecular flexibility index (Phi) is 6.81. The van der Waals surface area contributed by atoms with Crippen molar-refractivity contribution in [3.63, 3.8) is 0 Å². The Morgan fingerprint density at radius 3 is 2.52 bits per heavy atom. The van der Waals surface area contributed by atoms with E-state index in [1.807, 2.05) is 6.92 Å². The first-order valence-corrected chi connectivity index (χ1v) is 7.66. The Balaban J connectivity index is 2.40. The summed E-state index contributed by atoms with van der Waals surface area (Å²) in [6, 6.07) is 3.07. The number of aromatic nitrogens is 1. The number of nitrogens with zero attached hydrogens (tertiary/aromatic N) is 1. The third-order valence-electron chi connectivity index (χ3n) is 2.82. The van der Waals surface area contributed by atoms with Crippen LogP contribution in [0.15, 0.2) is 12.1 Å². The fourth-order valence-electron chi connectivity index (χ4n) is 1.79. The lowest BCUT2D eigenvalue weighted by atomic mass is 10.2. The van der Waals surface area contributed by atoms with Crippen LogP contribution in [0.4, 0.5) is 10.6 Å². The summed E-state index contributed by atoms with van der Waals surface area (Å²) in [4.78, 5) is 26.9. The van der Waals surface area contributed by atoms with Crippen LogP contribution in [0.25, 0.3) is 0 Å². The van der Waals surface area contributed by atoms with Gasteiger partial charge in [0.25, 0.3) is 0 Å². The minimum atomic E-state index is -0.975. The molecule has 128 valence electrons. The van der Waals surface area contributed by atoms with Crippen molar-refractivity contribution < 1.29 is 19.4 Å². The first-order valence-electron chi connectivity index (χ1n) is 7.66. The molecule has 0 atom stereocenters. The van der Waals surface area contributed by atoms with Gasteiger partial charge < -0.3 is 20.5 Å². The minimum Gasteiger partial charge on any atom is -0.478 e. The van der Waals surface area contributed by atoms with E-state index in [0.717, 1.165) is 5.69 Å². The van der Waals surface area contributed by atoms with Gasteiger partial charge in [-0.25, -0.2) is 14.6 Å². The topological polar surface area (TPSA) is 101 Å². The second-order valence-electron chi connectivity index (χ2n) is 6.10. The molecule has 0 aliphatic rings. The monoisotopic (exact) mass is 323 g/mol. The highest BCUT2D eigenvalue weighted by Crippen LogP contribution is 2.11. The molecule has 7 nitrogen and oxygen atoms in total. The molecule has 1 heterocycles. The van der Waals surface area contributed by atoms with Gasteiger partial charge in [0.05, 0.1) is 5.56 Å². The van der Waals surface area contributed by atoms with Crippen LogP contribution in [0.3, 0.4) is 0 Å². The lowest BCUT2D eigenvalue weighted by Gasteiger charge is -2.19. The van der Waals surface area contributed by atoms with E-state index in [9.17, 15) is 9.59 Å². The number of hydrogen-bond acceptors (Lipinski definition) is 5. The first-order chi connectivity index (χ1) is 10.7. The number of anilines is 1. The number of carboxylic acid groups (broad SMARTS) is 1. The highest BCUT2D eigenvalue weighted by atomic mass is 16.6. The van der Waals surface area contributed by atoms with Gasteiger partial charge in [-0.05, 0) is 45.7 Å². The van der Waals surface area contributed by atoms with E-state index in [0.29, 0.717) is 31.7 Å². The van der Waals surface area contributed by atoms with Gasteiger partial charge in [0.1, 0.15) is 11.4 Å². The number of ether oxygens (including phenoxy) is 1. The molecule has 1 rings (SSSR count). The molecule has 0 saturated heterocycles. The maximum absolute atomic E-state index is 11.5. The lowest BCUT2D eigenvalue weighted by Crippen LogP contribution is -2.33.